The molecular formula is C19H15N3O4. The van der Waals surface area contributed by atoms with Crippen LogP contribution >= 0.6 is 0 Å². The number of amides is 1. The normalized spacial score (nSPS) is 11.1. The van der Waals surface area contributed by atoms with E-state index in [2.05, 4.69) is 15.3 Å². The summed E-state index contributed by atoms with van der Waals surface area (Å²) in [6.45, 7) is 1.74. The predicted octanol–water partition coefficient (Wildman–Crippen LogP) is 2.45. The minimum atomic E-state index is -0.534. The average molecular weight is 349 g/mol. The van der Waals surface area contributed by atoms with E-state index < -0.39 is 5.76 Å². The molecule has 1 amide bonds. The Hall–Kier alpha value is -3.61. The molecule has 7 nitrogen and oxygen atoms in total. The van der Waals surface area contributed by atoms with Crippen molar-refractivity contribution in [2.75, 3.05) is 5.32 Å². The highest BCUT2D eigenvalue weighted by Crippen LogP contribution is 2.17. The van der Waals surface area contributed by atoms with E-state index in [4.69, 9.17) is 4.42 Å². The molecule has 2 aromatic carbocycles. The van der Waals surface area contributed by atoms with Gasteiger partial charge in [0.15, 0.2) is 5.58 Å². The highest BCUT2D eigenvalue weighted by molar-refractivity contribution is 5.94. The smallest absolute Gasteiger partial charge is 0.408 e. The molecule has 4 aromatic rings. The second-order valence-corrected chi connectivity index (χ2v) is 6.15. The van der Waals surface area contributed by atoms with Crippen LogP contribution in [-0.4, -0.2) is 15.9 Å². The number of rotatable bonds is 3. The van der Waals surface area contributed by atoms with E-state index in [1.165, 1.54) is 0 Å². The maximum absolute atomic E-state index is 12.3. The number of H-pyrrole nitrogens is 2. The molecule has 0 saturated heterocycles. The number of oxazole rings is 1. The summed E-state index contributed by atoms with van der Waals surface area (Å²) in [6.07, 6.45) is 0.189. The molecular weight excluding hydrogens is 334 g/mol. The van der Waals surface area contributed by atoms with Crippen molar-refractivity contribution in [1.29, 1.82) is 0 Å². The van der Waals surface area contributed by atoms with E-state index in [-0.39, 0.29) is 17.9 Å². The van der Waals surface area contributed by atoms with E-state index >= 15 is 0 Å². The van der Waals surface area contributed by atoms with Gasteiger partial charge in [0, 0.05) is 16.8 Å². The lowest BCUT2D eigenvalue weighted by Crippen LogP contribution is -2.14. The van der Waals surface area contributed by atoms with Crippen molar-refractivity contribution < 1.29 is 9.21 Å². The van der Waals surface area contributed by atoms with Crippen molar-refractivity contribution in [3.8, 4) is 0 Å². The number of nitrogens with one attached hydrogen (secondary N) is 3. The third kappa shape index (κ3) is 3.02. The third-order valence-electron chi connectivity index (χ3n) is 4.16. The molecule has 0 fully saturated rings. The SMILES string of the molecule is Cc1cc2cc(CC(=O)Nc3ccc4oc(=O)[nH]c4c3)ccc2[nH]c1=O. The minimum absolute atomic E-state index is 0.115. The van der Waals surface area contributed by atoms with Gasteiger partial charge in [0.2, 0.25) is 5.91 Å². The van der Waals surface area contributed by atoms with Crippen molar-refractivity contribution in [1.82, 2.24) is 9.97 Å². The highest BCUT2D eigenvalue weighted by atomic mass is 16.4. The lowest BCUT2D eigenvalue weighted by atomic mass is 10.1. The van der Waals surface area contributed by atoms with Crippen molar-refractivity contribution in [2.24, 2.45) is 0 Å². The van der Waals surface area contributed by atoms with Crippen LogP contribution in [0.4, 0.5) is 5.69 Å². The van der Waals surface area contributed by atoms with Gasteiger partial charge < -0.3 is 14.7 Å². The molecule has 130 valence electrons. The van der Waals surface area contributed by atoms with Gasteiger partial charge in [-0.3, -0.25) is 14.6 Å². The average Bonchev–Trinajstić information content (AvgIpc) is 2.95. The fourth-order valence-corrected chi connectivity index (χ4v) is 2.90. The molecule has 3 N–H and O–H groups in total. The number of aromatic amines is 2. The monoisotopic (exact) mass is 349 g/mol. The zero-order valence-corrected chi connectivity index (χ0v) is 13.9. The van der Waals surface area contributed by atoms with E-state index in [1.807, 2.05) is 12.1 Å². The van der Waals surface area contributed by atoms with Crippen LogP contribution in [0.2, 0.25) is 0 Å². The highest BCUT2D eigenvalue weighted by Gasteiger charge is 2.08. The maximum atomic E-state index is 12.3. The van der Waals surface area contributed by atoms with E-state index in [9.17, 15) is 14.4 Å². The molecule has 0 bridgehead atoms. The van der Waals surface area contributed by atoms with Gasteiger partial charge in [-0.25, -0.2) is 4.79 Å². The number of fused-ring (bicyclic) bond motifs is 2. The molecule has 0 aliphatic heterocycles. The molecule has 0 unspecified atom stereocenters. The Bertz CT molecular complexity index is 1260. The Morgan fingerprint density at radius 2 is 1.88 bits per heavy atom. The second kappa shape index (κ2) is 6.03. The quantitative estimate of drug-likeness (QED) is 0.528. The third-order valence-corrected chi connectivity index (χ3v) is 4.16. The number of anilines is 1. The van der Waals surface area contributed by atoms with Gasteiger partial charge in [-0.15, -0.1) is 0 Å². The van der Waals surface area contributed by atoms with Crippen LogP contribution in [0.25, 0.3) is 22.0 Å². The maximum Gasteiger partial charge on any atom is 0.417 e. The second-order valence-electron chi connectivity index (χ2n) is 6.15. The summed E-state index contributed by atoms with van der Waals surface area (Å²) < 4.78 is 4.93. The van der Waals surface area contributed by atoms with E-state index in [0.29, 0.717) is 22.4 Å². The number of carbonyl (C=O) groups excluding carboxylic acids is 1. The van der Waals surface area contributed by atoms with Crippen LogP contribution in [-0.2, 0) is 11.2 Å². The molecule has 0 spiro atoms. The van der Waals surface area contributed by atoms with Crippen molar-refractivity contribution in [3.63, 3.8) is 0 Å². The van der Waals surface area contributed by atoms with Gasteiger partial charge in [-0.2, -0.15) is 0 Å². The Morgan fingerprint density at radius 3 is 2.73 bits per heavy atom. The van der Waals surface area contributed by atoms with Crippen LogP contribution in [0.5, 0.6) is 0 Å². The molecule has 4 rings (SSSR count). The first kappa shape index (κ1) is 15.9. The molecule has 0 aliphatic carbocycles. The van der Waals surface area contributed by atoms with E-state index in [0.717, 1.165) is 16.5 Å². The molecule has 2 aromatic heterocycles. The first-order valence-electron chi connectivity index (χ1n) is 8.03. The number of hydrogen-bond donors (Lipinski definition) is 3. The molecule has 7 heteroatoms. The predicted molar refractivity (Wildman–Crippen MR) is 98.5 cm³/mol. The summed E-state index contributed by atoms with van der Waals surface area (Å²) in [5.74, 6) is -0.719. The van der Waals surface area contributed by atoms with Gasteiger partial charge in [0.1, 0.15) is 0 Å². The van der Waals surface area contributed by atoms with Gasteiger partial charge in [-0.05, 0) is 54.3 Å². The molecule has 0 radical (unpaired) electrons. The van der Waals surface area contributed by atoms with Crippen LogP contribution in [0.15, 0.2) is 56.5 Å². The molecule has 0 saturated carbocycles. The number of hydrogen-bond acceptors (Lipinski definition) is 4. The number of aryl methyl sites for hydroxylation is 1. The van der Waals surface area contributed by atoms with Crippen molar-refractivity contribution in [3.05, 3.63) is 74.5 Å². The molecule has 26 heavy (non-hydrogen) atoms. The summed E-state index contributed by atoms with van der Waals surface area (Å²) in [7, 11) is 0. The van der Waals surface area contributed by atoms with Crippen molar-refractivity contribution >= 4 is 33.6 Å². The van der Waals surface area contributed by atoms with E-state index in [1.54, 1.807) is 37.3 Å². The fourth-order valence-electron chi connectivity index (χ4n) is 2.90. The summed E-state index contributed by atoms with van der Waals surface area (Å²) in [5, 5.41) is 3.68. The lowest BCUT2D eigenvalue weighted by Gasteiger charge is -2.07. The largest absolute Gasteiger partial charge is 0.417 e. The van der Waals surface area contributed by atoms with Crippen LogP contribution in [0.3, 0.4) is 0 Å². The van der Waals surface area contributed by atoms with Crippen LogP contribution < -0.4 is 16.6 Å². The summed E-state index contributed by atoms with van der Waals surface area (Å²) in [4.78, 5) is 40.5. The number of carbonyl (C=O) groups is 1. The first-order chi connectivity index (χ1) is 12.5. The Balaban J connectivity index is 1.55. The molecule has 2 heterocycles. The lowest BCUT2D eigenvalue weighted by molar-refractivity contribution is -0.115. The van der Waals surface area contributed by atoms with Crippen molar-refractivity contribution in [2.45, 2.75) is 13.3 Å². The standard InChI is InChI=1S/C19H15N3O4/c1-10-6-12-7-11(2-4-14(12)21-18(10)24)8-17(23)20-13-3-5-16-15(9-13)22-19(25)26-16/h2-7,9H,8H2,1H3,(H,20,23)(H,21,24)(H,22,25). The number of aromatic nitrogens is 2. The van der Waals surface area contributed by atoms with Gasteiger partial charge in [0.05, 0.1) is 11.9 Å². The van der Waals surface area contributed by atoms with Gasteiger partial charge >= 0.3 is 5.76 Å². The van der Waals surface area contributed by atoms with Crippen LogP contribution in [0, 0.1) is 6.92 Å². The Kier molecular flexibility index (Phi) is 3.69. The number of pyridine rings is 1. The zero-order chi connectivity index (χ0) is 18.3. The summed E-state index contributed by atoms with van der Waals surface area (Å²) in [6, 6.07) is 12.2. The minimum Gasteiger partial charge on any atom is -0.408 e. The fraction of sp³-hybridized carbons (Fsp3) is 0.105. The first-order valence-corrected chi connectivity index (χ1v) is 8.03. The summed E-state index contributed by atoms with van der Waals surface area (Å²) >= 11 is 0. The Morgan fingerprint density at radius 1 is 1.04 bits per heavy atom. The van der Waals surface area contributed by atoms with Crippen LogP contribution in [0.1, 0.15) is 11.1 Å². The summed E-state index contributed by atoms with van der Waals surface area (Å²) in [5.41, 5.74) is 3.61. The zero-order valence-electron chi connectivity index (χ0n) is 13.9. The van der Waals surface area contributed by atoms with Gasteiger partial charge in [0.25, 0.3) is 5.56 Å². The topological polar surface area (TPSA) is 108 Å². The number of benzene rings is 2. The Labute approximate surface area is 146 Å². The molecule has 0 atom stereocenters. The van der Waals surface area contributed by atoms with Gasteiger partial charge in [-0.1, -0.05) is 6.07 Å². The molecule has 0 aliphatic rings.